The van der Waals surface area contributed by atoms with Gasteiger partial charge in [0.1, 0.15) is 0 Å². The maximum Gasteiger partial charge on any atom is 0.161 e. The van der Waals surface area contributed by atoms with Crippen LogP contribution in [0, 0.1) is 0 Å². The summed E-state index contributed by atoms with van der Waals surface area (Å²) in [7, 11) is 0. The van der Waals surface area contributed by atoms with Crippen LogP contribution in [0.5, 0.6) is 11.5 Å². The van der Waals surface area contributed by atoms with Crippen LogP contribution < -0.4 is 15.2 Å². The average Bonchev–Trinajstić information content (AvgIpc) is 2.31. The molecule has 18 heavy (non-hydrogen) atoms. The fourth-order valence-corrected chi connectivity index (χ4v) is 1.78. The van der Waals surface area contributed by atoms with E-state index in [0.717, 1.165) is 5.75 Å². The van der Waals surface area contributed by atoms with Gasteiger partial charge < -0.3 is 20.3 Å². The molecule has 0 heterocycles. The first-order valence-electron chi connectivity index (χ1n) is 6.29. The fraction of sp³-hybridized carbons (Fsp3) is 0.571. The Morgan fingerprint density at radius 1 is 1.33 bits per heavy atom. The second kappa shape index (κ2) is 6.61. The lowest BCUT2D eigenvalue weighted by Crippen LogP contribution is -2.38. The highest BCUT2D eigenvalue weighted by atomic mass is 16.5. The third-order valence-corrected chi connectivity index (χ3v) is 2.64. The van der Waals surface area contributed by atoms with Crippen LogP contribution in [0.4, 0.5) is 0 Å². The van der Waals surface area contributed by atoms with Gasteiger partial charge in [-0.2, -0.15) is 0 Å². The van der Waals surface area contributed by atoms with E-state index in [-0.39, 0.29) is 12.6 Å². The van der Waals surface area contributed by atoms with Gasteiger partial charge in [-0.3, -0.25) is 0 Å². The van der Waals surface area contributed by atoms with Gasteiger partial charge in [0.25, 0.3) is 0 Å². The third-order valence-electron chi connectivity index (χ3n) is 2.64. The lowest BCUT2D eigenvalue weighted by Gasteiger charge is -2.26. The zero-order chi connectivity index (χ0) is 13.6. The molecule has 0 bridgehead atoms. The highest BCUT2D eigenvalue weighted by Gasteiger charge is 2.23. The quantitative estimate of drug-likeness (QED) is 0.779. The third kappa shape index (κ3) is 4.55. The van der Waals surface area contributed by atoms with Crippen molar-refractivity contribution in [3.63, 3.8) is 0 Å². The highest BCUT2D eigenvalue weighted by molar-refractivity contribution is 5.39. The lowest BCUT2D eigenvalue weighted by molar-refractivity contribution is 0.0230. The Morgan fingerprint density at radius 3 is 2.50 bits per heavy atom. The topological polar surface area (TPSA) is 64.7 Å². The Balaban J connectivity index is 2.66. The van der Waals surface area contributed by atoms with Crippen molar-refractivity contribution in [2.24, 2.45) is 5.73 Å². The molecule has 0 spiro atoms. The van der Waals surface area contributed by atoms with Crippen molar-refractivity contribution >= 4 is 0 Å². The molecule has 4 nitrogen and oxygen atoms in total. The Bertz CT molecular complexity index is 366. The summed E-state index contributed by atoms with van der Waals surface area (Å²) < 4.78 is 11.3. The van der Waals surface area contributed by atoms with Gasteiger partial charge in [-0.25, -0.2) is 0 Å². The Morgan fingerprint density at radius 2 is 1.94 bits per heavy atom. The molecule has 2 unspecified atom stereocenters. The molecular formula is C14H23NO3. The van der Waals surface area contributed by atoms with Gasteiger partial charge in [0.15, 0.2) is 11.5 Å². The number of aliphatic hydroxyl groups is 1. The molecule has 4 heteroatoms. The lowest BCUT2D eigenvalue weighted by atomic mass is 9.99. The van der Waals surface area contributed by atoms with E-state index >= 15 is 0 Å². The molecule has 0 aliphatic rings. The van der Waals surface area contributed by atoms with E-state index in [1.807, 2.05) is 38.1 Å². The Hall–Kier alpha value is -1.26. The maximum absolute atomic E-state index is 9.91. The molecule has 0 saturated carbocycles. The van der Waals surface area contributed by atoms with Crippen molar-refractivity contribution in [2.75, 3.05) is 13.2 Å². The molecule has 1 aromatic rings. The van der Waals surface area contributed by atoms with Crippen molar-refractivity contribution < 1.29 is 14.6 Å². The molecule has 0 amide bonds. The van der Waals surface area contributed by atoms with E-state index in [0.29, 0.717) is 18.8 Å². The minimum atomic E-state index is -0.903. The SMILES string of the molecule is CCOc1ccccc1OC(C)CC(C)(O)CN. The summed E-state index contributed by atoms with van der Waals surface area (Å²) in [6, 6.07) is 7.52. The number of hydrogen-bond acceptors (Lipinski definition) is 4. The van der Waals surface area contributed by atoms with Gasteiger partial charge in [-0.15, -0.1) is 0 Å². The van der Waals surface area contributed by atoms with Crippen LogP contribution in [0.25, 0.3) is 0 Å². The van der Waals surface area contributed by atoms with Crippen molar-refractivity contribution in [1.82, 2.24) is 0 Å². The van der Waals surface area contributed by atoms with Crippen molar-refractivity contribution in [3.05, 3.63) is 24.3 Å². The molecule has 0 fully saturated rings. The predicted molar refractivity (Wildman–Crippen MR) is 72.0 cm³/mol. The first-order chi connectivity index (χ1) is 8.48. The maximum atomic E-state index is 9.91. The van der Waals surface area contributed by atoms with Crippen LogP contribution in [0.1, 0.15) is 27.2 Å². The van der Waals surface area contributed by atoms with Crippen LogP contribution in [0.3, 0.4) is 0 Å². The van der Waals surface area contributed by atoms with Crippen molar-refractivity contribution in [1.29, 1.82) is 0 Å². The number of rotatable bonds is 7. The summed E-state index contributed by atoms with van der Waals surface area (Å²) in [5.41, 5.74) is 4.59. The van der Waals surface area contributed by atoms with Gasteiger partial charge in [0.2, 0.25) is 0 Å². The van der Waals surface area contributed by atoms with Crippen LogP contribution >= 0.6 is 0 Å². The smallest absolute Gasteiger partial charge is 0.161 e. The standard InChI is InChI=1S/C14H23NO3/c1-4-17-12-7-5-6-8-13(12)18-11(2)9-14(3,16)10-15/h5-8,11,16H,4,9-10,15H2,1-3H3. The average molecular weight is 253 g/mol. The number of benzene rings is 1. The second-order valence-electron chi connectivity index (χ2n) is 4.71. The molecule has 0 saturated heterocycles. The van der Waals surface area contributed by atoms with E-state index in [4.69, 9.17) is 15.2 Å². The zero-order valence-electron chi connectivity index (χ0n) is 11.3. The first-order valence-corrected chi connectivity index (χ1v) is 6.29. The largest absolute Gasteiger partial charge is 0.490 e. The summed E-state index contributed by atoms with van der Waals surface area (Å²) in [6.45, 7) is 6.36. The van der Waals surface area contributed by atoms with Gasteiger partial charge in [-0.1, -0.05) is 12.1 Å². The molecular weight excluding hydrogens is 230 g/mol. The number of para-hydroxylation sites is 2. The van der Waals surface area contributed by atoms with Crippen molar-refractivity contribution in [3.8, 4) is 11.5 Å². The van der Waals surface area contributed by atoms with Gasteiger partial charge >= 0.3 is 0 Å². The fourth-order valence-electron chi connectivity index (χ4n) is 1.78. The molecule has 0 aromatic heterocycles. The van der Waals surface area contributed by atoms with Crippen LogP contribution in [0.2, 0.25) is 0 Å². The Labute approximate surface area is 109 Å². The molecule has 1 rings (SSSR count). The molecule has 102 valence electrons. The van der Waals surface area contributed by atoms with Gasteiger partial charge in [0, 0.05) is 13.0 Å². The van der Waals surface area contributed by atoms with E-state index in [2.05, 4.69) is 0 Å². The number of ether oxygens (including phenoxy) is 2. The summed E-state index contributed by atoms with van der Waals surface area (Å²) >= 11 is 0. The normalized spacial score (nSPS) is 15.8. The van der Waals surface area contributed by atoms with E-state index < -0.39 is 5.60 Å². The van der Waals surface area contributed by atoms with Crippen molar-refractivity contribution in [2.45, 2.75) is 38.9 Å². The second-order valence-corrected chi connectivity index (χ2v) is 4.71. The Kier molecular flexibility index (Phi) is 5.44. The summed E-state index contributed by atoms with van der Waals surface area (Å²) in [6.07, 6.45) is 0.342. The molecule has 0 aliphatic carbocycles. The summed E-state index contributed by atoms with van der Waals surface area (Å²) in [4.78, 5) is 0. The molecule has 1 aromatic carbocycles. The van der Waals surface area contributed by atoms with Gasteiger partial charge in [0.05, 0.1) is 18.3 Å². The zero-order valence-corrected chi connectivity index (χ0v) is 11.3. The molecule has 2 atom stereocenters. The monoisotopic (exact) mass is 253 g/mol. The summed E-state index contributed by atoms with van der Waals surface area (Å²) in [5.74, 6) is 1.42. The molecule has 3 N–H and O–H groups in total. The summed E-state index contributed by atoms with van der Waals surface area (Å²) in [5, 5.41) is 9.91. The minimum absolute atomic E-state index is 0.134. The number of nitrogens with two attached hydrogens (primary N) is 1. The van der Waals surface area contributed by atoms with E-state index in [9.17, 15) is 5.11 Å². The highest BCUT2D eigenvalue weighted by Crippen LogP contribution is 2.28. The molecule has 0 aliphatic heterocycles. The van der Waals surface area contributed by atoms with Crippen LogP contribution in [-0.2, 0) is 0 Å². The van der Waals surface area contributed by atoms with Crippen LogP contribution in [0.15, 0.2) is 24.3 Å². The van der Waals surface area contributed by atoms with Crippen LogP contribution in [-0.4, -0.2) is 30.0 Å². The number of hydrogen-bond donors (Lipinski definition) is 2. The predicted octanol–water partition coefficient (Wildman–Crippen LogP) is 1.95. The first kappa shape index (κ1) is 14.8. The minimum Gasteiger partial charge on any atom is -0.490 e. The van der Waals surface area contributed by atoms with E-state index in [1.165, 1.54) is 0 Å². The van der Waals surface area contributed by atoms with Gasteiger partial charge in [-0.05, 0) is 32.9 Å². The van der Waals surface area contributed by atoms with E-state index in [1.54, 1.807) is 6.92 Å². The molecule has 0 radical (unpaired) electrons.